The minimum absolute atomic E-state index is 0.0326. The first-order valence-electron chi connectivity index (χ1n) is 8.29. The number of hydrogen-bond acceptors (Lipinski definition) is 5. The maximum absolute atomic E-state index is 12.5. The molecule has 0 spiro atoms. The van der Waals surface area contributed by atoms with E-state index in [0.29, 0.717) is 28.4 Å². The average molecular weight is 396 g/mol. The van der Waals surface area contributed by atoms with Crippen molar-refractivity contribution >= 4 is 39.9 Å². The van der Waals surface area contributed by atoms with E-state index >= 15 is 0 Å². The van der Waals surface area contributed by atoms with Crippen molar-refractivity contribution in [2.45, 2.75) is 20.3 Å². The number of amides is 2. The lowest BCUT2D eigenvalue weighted by Gasteiger charge is -2.23. The number of thiazole rings is 1. The molecule has 0 bridgehead atoms. The summed E-state index contributed by atoms with van der Waals surface area (Å²) in [5.74, 6) is 0.460. The van der Waals surface area contributed by atoms with Gasteiger partial charge in [0.1, 0.15) is 12.3 Å². The zero-order chi connectivity index (χ0) is 18.9. The number of ether oxygens (including phenoxy) is 1. The molecule has 0 aliphatic rings. The van der Waals surface area contributed by atoms with Crippen molar-refractivity contribution in [1.82, 2.24) is 9.88 Å². The lowest BCUT2D eigenvalue weighted by molar-refractivity contribution is -0.136. The SMILES string of the molecule is CC(C)CCN(CC(=O)Nc1nccs1)C(=O)COc1ccc(Cl)cc1. The molecule has 0 unspecified atom stereocenters. The number of carbonyl (C=O) groups is 2. The fourth-order valence-corrected chi connectivity index (χ4v) is 2.76. The monoisotopic (exact) mass is 395 g/mol. The Balaban J connectivity index is 1.92. The summed E-state index contributed by atoms with van der Waals surface area (Å²) in [6.07, 6.45) is 2.42. The topological polar surface area (TPSA) is 71.5 Å². The van der Waals surface area contributed by atoms with E-state index in [1.807, 2.05) is 0 Å². The van der Waals surface area contributed by atoms with Gasteiger partial charge < -0.3 is 15.0 Å². The van der Waals surface area contributed by atoms with E-state index in [9.17, 15) is 9.59 Å². The molecule has 1 aromatic heterocycles. The molecule has 0 radical (unpaired) electrons. The van der Waals surface area contributed by atoms with Gasteiger partial charge in [-0.15, -0.1) is 11.3 Å². The van der Waals surface area contributed by atoms with Crippen LogP contribution in [-0.4, -0.2) is 41.4 Å². The smallest absolute Gasteiger partial charge is 0.260 e. The number of rotatable bonds is 9. The molecule has 1 heterocycles. The predicted molar refractivity (Wildman–Crippen MR) is 104 cm³/mol. The molecule has 2 rings (SSSR count). The normalized spacial score (nSPS) is 10.6. The van der Waals surface area contributed by atoms with Crippen LogP contribution < -0.4 is 10.1 Å². The van der Waals surface area contributed by atoms with Crippen LogP contribution in [0.3, 0.4) is 0 Å². The molecule has 0 aliphatic heterocycles. The molecular weight excluding hydrogens is 374 g/mol. The van der Waals surface area contributed by atoms with E-state index < -0.39 is 0 Å². The number of nitrogens with one attached hydrogen (secondary N) is 1. The first kappa shape index (κ1) is 20.2. The standard InChI is InChI=1S/C18H22ClN3O3S/c1-13(2)7-9-22(11-16(23)21-18-20-8-10-26-18)17(24)12-25-15-5-3-14(19)4-6-15/h3-6,8,10,13H,7,9,11-12H2,1-2H3,(H,20,21,23). The van der Waals surface area contributed by atoms with Crippen LogP contribution in [0.2, 0.25) is 5.02 Å². The highest BCUT2D eigenvalue weighted by atomic mass is 35.5. The lowest BCUT2D eigenvalue weighted by Crippen LogP contribution is -2.41. The Morgan fingerprint density at radius 3 is 2.65 bits per heavy atom. The van der Waals surface area contributed by atoms with E-state index in [4.69, 9.17) is 16.3 Å². The van der Waals surface area contributed by atoms with Gasteiger partial charge in [-0.3, -0.25) is 9.59 Å². The third-order valence-electron chi connectivity index (χ3n) is 3.52. The second-order valence-electron chi connectivity index (χ2n) is 6.13. The van der Waals surface area contributed by atoms with Crippen LogP contribution in [0, 0.1) is 5.92 Å². The first-order chi connectivity index (χ1) is 12.4. The molecule has 140 valence electrons. The van der Waals surface area contributed by atoms with Crippen LogP contribution in [0.25, 0.3) is 0 Å². The Labute approximate surface area is 162 Å². The second kappa shape index (κ2) is 10.1. The van der Waals surface area contributed by atoms with E-state index in [2.05, 4.69) is 24.1 Å². The van der Waals surface area contributed by atoms with Gasteiger partial charge >= 0.3 is 0 Å². The Hall–Kier alpha value is -2.12. The second-order valence-corrected chi connectivity index (χ2v) is 7.46. The van der Waals surface area contributed by atoms with Crippen molar-refractivity contribution in [3.63, 3.8) is 0 Å². The summed E-state index contributed by atoms with van der Waals surface area (Å²) in [5, 5.41) is 5.58. The number of benzene rings is 1. The zero-order valence-electron chi connectivity index (χ0n) is 14.8. The Morgan fingerprint density at radius 1 is 1.31 bits per heavy atom. The summed E-state index contributed by atoms with van der Waals surface area (Å²) in [7, 11) is 0. The molecule has 8 heteroatoms. The highest BCUT2D eigenvalue weighted by Gasteiger charge is 2.18. The number of halogens is 1. The van der Waals surface area contributed by atoms with Crippen molar-refractivity contribution in [3.8, 4) is 5.75 Å². The average Bonchev–Trinajstić information content (AvgIpc) is 3.10. The van der Waals surface area contributed by atoms with Crippen molar-refractivity contribution in [3.05, 3.63) is 40.9 Å². The molecule has 0 atom stereocenters. The largest absolute Gasteiger partial charge is 0.484 e. The third-order valence-corrected chi connectivity index (χ3v) is 4.46. The minimum Gasteiger partial charge on any atom is -0.484 e. The number of nitrogens with zero attached hydrogens (tertiary/aromatic N) is 2. The van der Waals surface area contributed by atoms with E-state index in [1.54, 1.807) is 35.8 Å². The molecule has 1 N–H and O–H groups in total. The van der Waals surface area contributed by atoms with Crippen molar-refractivity contribution in [2.24, 2.45) is 5.92 Å². The van der Waals surface area contributed by atoms with Crippen molar-refractivity contribution in [2.75, 3.05) is 25.0 Å². The van der Waals surface area contributed by atoms with Crippen LogP contribution >= 0.6 is 22.9 Å². The number of carbonyl (C=O) groups excluding carboxylic acids is 2. The van der Waals surface area contributed by atoms with Gasteiger partial charge in [0.25, 0.3) is 5.91 Å². The molecule has 2 amide bonds. The predicted octanol–water partition coefficient (Wildman–Crippen LogP) is 3.69. The van der Waals surface area contributed by atoms with E-state index in [0.717, 1.165) is 6.42 Å². The van der Waals surface area contributed by atoms with Gasteiger partial charge in [0, 0.05) is 23.1 Å². The quantitative estimate of drug-likeness (QED) is 0.702. The zero-order valence-corrected chi connectivity index (χ0v) is 16.3. The summed E-state index contributed by atoms with van der Waals surface area (Å²) in [4.78, 5) is 30.2. The van der Waals surface area contributed by atoms with Gasteiger partial charge in [0.05, 0.1) is 0 Å². The van der Waals surface area contributed by atoms with Gasteiger partial charge in [0.2, 0.25) is 5.91 Å². The molecule has 0 saturated heterocycles. The maximum Gasteiger partial charge on any atom is 0.260 e. The van der Waals surface area contributed by atoms with Crippen LogP contribution in [0.15, 0.2) is 35.8 Å². The summed E-state index contributed by atoms with van der Waals surface area (Å²) in [6, 6.07) is 6.78. The summed E-state index contributed by atoms with van der Waals surface area (Å²) in [6.45, 7) is 4.47. The van der Waals surface area contributed by atoms with E-state index in [1.165, 1.54) is 16.2 Å². The van der Waals surface area contributed by atoms with Crippen LogP contribution in [-0.2, 0) is 9.59 Å². The first-order valence-corrected chi connectivity index (χ1v) is 9.55. The van der Waals surface area contributed by atoms with Gasteiger partial charge in [0.15, 0.2) is 11.7 Å². The molecule has 0 fully saturated rings. The summed E-state index contributed by atoms with van der Waals surface area (Å²) >= 11 is 7.16. The Bertz CT molecular complexity index is 705. The maximum atomic E-state index is 12.5. The molecular formula is C18H22ClN3O3S. The van der Waals surface area contributed by atoms with Gasteiger partial charge in [-0.2, -0.15) is 0 Å². The van der Waals surface area contributed by atoms with E-state index in [-0.39, 0.29) is 25.0 Å². The number of hydrogen-bond donors (Lipinski definition) is 1. The van der Waals surface area contributed by atoms with Crippen LogP contribution in [0.5, 0.6) is 5.75 Å². The van der Waals surface area contributed by atoms with Gasteiger partial charge in [-0.1, -0.05) is 25.4 Å². The van der Waals surface area contributed by atoms with Gasteiger partial charge in [-0.05, 0) is 36.6 Å². The Morgan fingerprint density at radius 2 is 2.04 bits per heavy atom. The fraction of sp³-hybridized carbons (Fsp3) is 0.389. The molecule has 1 aromatic carbocycles. The van der Waals surface area contributed by atoms with Crippen LogP contribution in [0.1, 0.15) is 20.3 Å². The number of anilines is 1. The van der Waals surface area contributed by atoms with Crippen molar-refractivity contribution < 1.29 is 14.3 Å². The fourth-order valence-electron chi connectivity index (χ4n) is 2.09. The molecule has 26 heavy (non-hydrogen) atoms. The minimum atomic E-state index is -0.274. The molecule has 6 nitrogen and oxygen atoms in total. The molecule has 0 aliphatic carbocycles. The molecule has 2 aromatic rings. The highest BCUT2D eigenvalue weighted by molar-refractivity contribution is 7.13. The number of aromatic nitrogens is 1. The highest BCUT2D eigenvalue weighted by Crippen LogP contribution is 2.16. The van der Waals surface area contributed by atoms with Crippen LogP contribution in [0.4, 0.5) is 5.13 Å². The summed E-state index contributed by atoms with van der Waals surface area (Å²) in [5.41, 5.74) is 0. The van der Waals surface area contributed by atoms with Gasteiger partial charge in [-0.25, -0.2) is 4.98 Å². The lowest BCUT2D eigenvalue weighted by atomic mass is 10.1. The third kappa shape index (κ3) is 7.01. The van der Waals surface area contributed by atoms with Crippen molar-refractivity contribution in [1.29, 1.82) is 0 Å². The summed E-state index contributed by atoms with van der Waals surface area (Å²) < 4.78 is 5.51. The molecule has 0 saturated carbocycles. The Kier molecular flexibility index (Phi) is 7.87.